The summed E-state index contributed by atoms with van der Waals surface area (Å²) in [5.74, 6) is 1.45. The van der Waals surface area contributed by atoms with Crippen LogP contribution in [0, 0.1) is 5.92 Å². The third kappa shape index (κ3) is 5.07. The molecule has 2 atom stereocenters. The number of rotatable bonds is 7. The van der Waals surface area contributed by atoms with Crippen molar-refractivity contribution in [3.63, 3.8) is 0 Å². The first kappa shape index (κ1) is 23.7. The Labute approximate surface area is 198 Å². The van der Waals surface area contributed by atoms with Crippen molar-refractivity contribution in [2.24, 2.45) is 5.92 Å². The first-order valence-electron chi connectivity index (χ1n) is 11.2. The Kier molecular flexibility index (Phi) is 6.78. The third-order valence-corrected chi connectivity index (χ3v) is 6.90. The zero-order valence-corrected chi connectivity index (χ0v) is 19.1. The molecule has 7 heteroatoms. The number of likely N-dealkylation sites (tertiary alicyclic amines) is 1. The van der Waals surface area contributed by atoms with Gasteiger partial charge in [-0.1, -0.05) is 42.5 Å². The molecule has 0 bridgehead atoms. The highest BCUT2D eigenvalue weighted by Gasteiger charge is 2.60. The average molecular weight is 474 g/mol. The van der Waals surface area contributed by atoms with Crippen molar-refractivity contribution in [2.75, 3.05) is 19.6 Å². The fourth-order valence-corrected chi connectivity index (χ4v) is 5.10. The fraction of sp³-hybridized carbons (Fsp3) is 0.385. The normalized spacial score (nSPS) is 22.0. The summed E-state index contributed by atoms with van der Waals surface area (Å²) >= 11 is 0. The first-order valence-corrected chi connectivity index (χ1v) is 11.2. The van der Waals surface area contributed by atoms with Crippen LogP contribution in [0.25, 0.3) is 11.3 Å². The zero-order chi connectivity index (χ0) is 22.2. The average Bonchev–Trinajstić information content (AvgIpc) is 3.38. The molecule has 0 radical (unpaired) electrons. The van der Waals surface area contributed by atoms with Crippen molar-refractivity contribution in [1.29, 1.82) is 0 Å². The Morgan fingerprint density at radius 3 is 2.45 bits per heavy atom. The van der Waals surface area contributed by atoms with Crippen molar-refractivity contribution in [3.05, 3.63) is 83.8 Å². The molecule has 1 aliphatic carbocycles. The summed E-state index contributed by atoms with van der Waals surface area (Å²) in [5.41, 5.74) is 2.61. The van der Waals surface area contributed by atoms with Gasteiger partial charge in [-0.2, -0.15) is 13.2 Å². The number of benzene rings is 2. The quantitative estimate of drug-likeness (QED) is 0.384. The third-order valence-electron chi connectivity index (χ3n) is 6.90. The topological polar surface area (TPSA) is 29.0 Å². The number of halogens is 4. The predicted molar refractivity (Wildman–Crippen MR) is 125 cm³/mol. The molecule has 5 rings (SSSR count). The van der Waals surface area contributed by atoms with Gasteiger partial charge < -0.3 is 4.90 Å². The van der Waals surface area contributed by atoms with Crippen LogP contribution < -0.4 is 0 Å². The molecule has 2 aromatic carbocycles. The molecule has 1 saturated heterocycles. The van der Waals surface area contributed by atoms with Gasteiger partial charge in [0.25, 0.3) is 0 Å². The molecule has 33 heavy (non-hydrogen) atoms. The minimum Gasteiger partial charge on any atom is -0.302 e. The van der Waals surface area contributed by atoms with E-state index in [1.807, 2.05) is 30.5 Å². The van der Waals surface area contributed by atoms with Crippen molar-refractivity contribution in [3.8, 4) is 11.3 Å². The number of aromatic nitrogens is 2. The van der Waals surface area contributed by atoms with E-state index >= 15 is 0 Å². The second-order valence-electron chi connectivity index (χ2n) is 9.05. The van der Waals surface area contributed by atoms with E-state index < -0.39 is 11.7 Å². The summed E-state index contributed by atoms with van der Waals surface area (Å²) in [4.78, 5) is 11.6. The van der Waals surface area contributed by atoms with Crippen LogP contribution in [0.3, 0.4) is 0 Å². The molecule has 174 valence electrons. The number of fused-ring (bicyclic) bond motifs is 1. The van der Waals surface area contributed by atoms with Gasteiger partial charge in [0.2, 0.25) is 0 Å². The van der Waals surface area contributed by atoms with Gasteiger partial charge in [-0.3, -0.25) is 0 Å². The van der Waals surface area contributed by atoms with Crippen LogP contribution in [0.4, 0.5) is 13.2 Å². The van der Waals surface area contributed by atoms with E-state index in [4.69, 9.17) is 4.98 Å². The Hall–Kier alpha value is -2.44. The number of hydrogen-bond donors (Lipinski definition) is 0. The van der Waals surface area contributed by atoms with Gasteiger partial charge in [0.05, 0.1) is 11.3 Å². The molecule has 2 aliphatic rings. The van der Waals surface area contributed by atoms with E-state index in [1.165, 1.54) is 12.1 Å². The monoisotopic (exact) mass is 473 g/mol. The van der Waals surface area contributed by atoms with E-state index in [2.05, 4.69) is 22.0 Å². The van der Waals surface area contributed by atoms with E-state index in [1.54, 1.807) is 12.1 Å². The van der Waals surface area contributed by atoms with E-state index in [0.717, 1.165) is 68.0 Å². The van der Waals surface area contributed by atoms with Crippen LogP contribution in [0.2, 0.25) is 0 Å². The van der Waals surface area contributed by atoms with Crippen LogP contribution in [-0.2, 0) is 18.0 Å². The van der Waals surface area contributed by atoms with E-state index in [9.17, 15) is 13.2 Å². The summed E-state index contributed by atoms with van der Waals surface area (Å²) in [6.45, 7) is 3.00. The van der Waals surface area contributed by atoms with Gasteiger partial charge in [-0.25, -0.2) is 9.97 Å². The largest absolute Gasteiger partial charge is 0.416 e. The zero-order valence-electron chi connectivity index (χ0n) is 18.3. The van der Waals surface area contributed by atoms with Gasteiger partial charge in [0.15, 0.2) is 0 Å². The van der Waals surface area contributed by atoms with Gasteiger partial charge in [0.1, 0.15) is 5.82 Å². The number of alkyl halides is 3. The lowest BCUT2D eigenvalue weighted by atomic mass is 9.94. The maximum atomic E-state index is 12.9. The van der Waals surface area contributed by atoms with Gasteiger partial charge in [0, 0.05) is 36.7 Å². The molecule has 2 fully saturated rings. The number of aryl methyl sites for hydroxylation is 1. The lowest BCUT2D eigenvalue weighted by Gasteiger charge is -2.21. The number of hydrogen-bond acceptors (Lipinski definition) is 3. The summed E-state index contributed by atoms with van der Waals surface area (Å²) in [5, 5.41) is 0. The smallest absolute Gasteiger partial charge is 0.302 e. The molecule has 1 aliphatic heterocycles. The Morgan fingerprint density at radius 2 is 1.73 bits per heavy atom. The fourth-order valence-electron chi connectivity index (χ4n) is 5.10. The lowest BCUT2D eigenvalue weighted by molar-refractivity contribution is -0.137. The molecule has 0 spiro atoms. The van der Waals surface area contributed by atoms with Crippen LogP contribution in [0.5, 0.6) is 0 Å². The highest BCUT2D eigenvalue weighted by Crippen LogP contribution is 2.59. The molecule has 1 aromatic heterocycles. The van der Waals surface area contributed by atoms with E-state index in [0.29, 0.717) is 5.92 Å². The van der Waals surface area contributed by atoms with Crippen LogP contribution in [0.1, 0.15) is 36.2 Å². The summed E-state index contributed by atoms with van der Waals surface area (Å²) in [6, 6.07) is 17.9. The highest BCUT2D eigenvalue weighted by molar-refractivity contribution is 5.85. The molecule has 2 heterocycles. The summed E-state index contributed by atoms with van der Waals surface area (Å²) in [6.07, 6.45) is 1.58. The van der Waals surface area contributed by atoms with Crippen LogP contribution in [0.15, 0.2) is 66.9 Å². The van der Waals surface area contributed by atoms with Crippen LogP contribution >= 0.6 is 12.4 Å². The van der Waals surface area contributed by atoms with Gasteiger partial charge in [-0.15, -0.1) is 12.4 Å². The molecule has 1 saturated carbocycles. The maximum absolute atomic E-state index is 12.9. The molecular weight excluding hydrogens is 447 g/mol. The highest BCUT2D eigenvalue weighted by atomic mass is 35.5. The number of nitrogens with zero attached hydrogens (tertiary/aromatic N) is 3. The minimum absolute atomic E-state index is 0. The number of unbranched alkanes of at least 4 members (excludes halogenated alkanes) is 1. The first-order chi connectivity index (χ1) is 15.4. The molecule has 3 aromatic rings. The van der Waals surface area contributed by atoms with Crippen molar-refractivity contribution >= 4 is 12.4 Å². The maximum Gasteiger partial charge on any atom is 0.416 e. The lowest BCUT2D eigenvalue weighted by Crippen LogP contribution is -2.27. The van der Waals surface area contributed by atoms with Crippen molar-refractivity contribution < 1.29 is 13.2 Å². The molecular formula is C26H27ClF3N3. The molecule has 0 N–H and O–H groups in total. The molecule has 0 amide bonds. The van der Waals surface area contributed by atoms with Crippen molar-refractivity contribution in [1.82, 2.24) is 14.9 Å². The standard InChI is InChI=1S/C26H26F3N3.ClH/c27-26(28,29)21-11-9-20(10-12-21)25-16-22(25)17-32(18-25)15-5-4-8-24-30-14-13-23(31-24)19-6-2-1-3-7-19;/h1-3,6-7,9-14,22H,4-5,8,15-18H2;1H/t22-,25+;/m0./s1. The Morgan fingerprint density at radius 1 is 0.970 bits per heavy atom. The Bertz CT molecular complexity index is 1070. The van der Waals surface area contributed by atoms with Crippen LogP contribution in [-0.4, -0.2) is 34.5 Å². The van der Waals surface area contributed by atoms with E-state index in [-0.39, 0.29) is 17.8 Å². The SMILES string of the molecule is Cl.FC(F)(F)c1ccc([C@]23C[C@H]2CN(CCCCc2nccc(-c4ccccc4)n2)C3)cc1. The van der Waals surface area contributed by atoms with Gasteiger partial charge in [-0.05, 0) is 55.5 Å². The van der Waals surface area contributed by atoms with Gasteiger partial charge >= 0.3 is 6.18 Å². The Balaban J connectivity index is 0.00000259. The minimum atomic E-state index is -4.27. The second-order valence-corrected chi connectivity index (χ2v) is 9.05. The predicted octanol–water partition coefficient (Wildman–Crippen LogP) is 6.18. The van der Waals surface area contributed by atoms with Crippen molar-refractivity contribution in [2.45, 2.75) is 37.3 Å². The number of piperidine rings is 1. The molecule has 0 unspecified atom stereocenters. The summed E-state index contributed by atoms with van der Waals surface area (Å²) in [7, 11) is 0. The summed E-state index contributed by atoms with van der Waals surface area (Å²) < 4.78 is 38.6. The molecule has 3 nitrogen and oxygen atoms in total. The second kappa shape index (κ2) is 9.43.